The second-order valence-electron chi connectivity index (χ2n) is 9.44. The van der Waals surface area contributed by atoms with Crippen molar-refractivity contribution in [1.29, 1.82) is 0 Å². The van der Waals surface area contributed by atoms with Gasteiger partial charge in [-0.2, -0.15) is 13.2 Å². The van der Waals surface area contributed by atoms with Gasteiger partial charge in [0.1, 0.15) is 11.6 Å². The van der Waals surface area contributed by atoms with Gasteiger partial charge in [0.15, 0.2) is 0 Å². The number of carbonyl (C=O) groups excluding carboxylic acids is 1. The summed E-state index contributed by atoms with van der Waals surface area (Å²) in [5, 5.41) is 3.63. The van der Waals surface area contributed by atoms with E-state index in [2.05, 4.69) is 5.32 Å². The molecule has 2 aliphatic rings. The van der Waals surface area contributed by atoms with E-state index < -0.39 is 23.5 Å². The summed E-state index contributed by atoms with van der Waals surface area (Å²) >= 11 is 5.87. The molecule has 0 aliphatic carbocycles. The first-order valence-electron chi connectivity index (χ1n) is 11.8. The Bertz CT molecular complexity index is 1090. The third-order valence-corrected chi connectivity index (χ3v) is 8.01. The molecule has 1 N–H and O–H groups in total. The molecule has 2 saturated heterocycles. The summed E-state index contributed by atoms with van der Waals surface area (Å²) in [6, 6.07) is 9.42. The highest BCUT2D eigenvalue weighted by atomic mass is 35.5. The zero-order valence-electron chi connectivity index (χ0n) is 20.1. The SMILES string of the molecule is COc1cc(F)ccc1C1CNCCC12CCN(C(=O)C(OC)(c1ccc(Cl)cc1)C(F)(F)F)CC2. The van der Waals surface area contributed by atoms with Gasteiger partial charge in [-0.15, -0.1) is 0 Å². The Morgan fingerprint density at radius 3 is 2.33 bits per heavy atom. The number of methoxy groups -OCH3 is 2. The van der Waals surface area contributed by atoms with Gasteiger partial charge in [0.05, 0.1) is 7.11 Å². The Labute approximate surface area is 212 Å². The molecular formula is C26H29ClF4N2O3. The number of hydrogen-bond acceptors (Lipinski definition) is 4. The number of alkyl halides is 3. The quantitative estimate of drug-likeness (QED) is 0.537. The molecule has 196 valence electrons. The fourth-order valence-electron chi connectivity index (χ4n) is 5.78. The van der Waals surface area contributed by atoms with E-state index in [-0.39, 0.29) is 35.0 Å². The molecule has 0 bridgehead atoms. The first-order chi connectivity index (χ1) is 17.1. The summed E-state index contributed by atoms with van der Waals surface area (Å²) in [6.45, 7) is 1.68. The molecule has 2 aliphatic heterocycles. The molecule has 2 aromatic carbocycles. The maximum absolute atomic E-state index is 14.5. The molecule has 2 aromatic rings. The lowest BCUT2D eigenvalue weighted by Crippen LogP contribution is -2.59. The van der Waals surface area contributed by atoms with Gasteiger partial charge < -0.3 is 19.7 Å². The zero-order chi connectivity index (χ0) is 26.1. The Balaban J connectivity index is 1.62. The normalized spacial score (nSPS) is 21.8. The molecule has 36 heavy (non-hydrogen) atoms. The number of hydrogen-bond donors (Lipinski definition) is 1. The van der Waals surface area contributed by atoms with Crippen LogP contribution in [0.4, 0.5) is 17.6 Å². The number of amides is 1. The van der Waals surface area contributed by atoms with Crippen molar-refractivity contribution in [3.8, 4) is 5.75 Å². The summed E-state index contributed by atoms with van der Waals surface area (Å²) in [4.78, 5) is 14.8. The Morgan fingerprint density at radius 2 is 1.75 bits per heavy atom. The number of halogens is 5. The molecule has 4 rings (SSSR count). The molecule has 2 heterocycles. The van der Waals surface area contributed by atoms with Crippen molar-refractivity contribution in [2.75, 3.05) is 40.4 Å². The van der Waals surface area contributed by atoms with Gasteiger partial charge in [0, 0.05) is 49.3 Å². The fourth-order valence-corrected chi connectivity index (χ4v) is 5.90. The maximum atomic E-state index is 14.5. The lowest BCUT2D eigenvalue weighted by molar-refractivity contribution is -0.271. The molecule has 10 heteroatoms. The maximum Gasteiger partial charge on any atom is 0.430 e. The zero-order valence-corrected chi connectivity index (χ0v) is 20.9. The molecule has 0 radical (unpaired) electrons. The number of rotatable bonds is 5. The second-order valence-corrected chi connectivity index (χ2v) is 9.87. The average molecular weight is 529 g/mol. The van der Waals surface area contributed by atoms with Crippen LogP contribution in [0.1, 0.15) is 36.3 Å². The highest BCUT2D eigenvalue weighted by Gasteiger charge is 2.64. The van der Waals surface area contributed by atoms with Crippen molar-refractivity contribution in [2.45, 2.75) is 37.0 Å². The summed E-state index contributed by atoms with van der Waals surface area (Å²) in [7, 11) is 2.38. The third kappa shape index (κ3) is 4.57. The van der Waals surface area contributed by atoms with Crippen LogP contribution in [0.2, 0.25) is 5.02 Å². The van der Waals surface area contributed by atoms with E-state index in [9.17, 15) is 22.4 Å². The largest absolute Gasteiger partial charge is 0.496 e. The van der Waals surface area contributed by atoms with Crippen molar-refractivity contribution < 1.29 is 31.8 Å². The number of nitrogens with one attached hydrogen (secondary N) is 1. The molecule has 5 nitrogen and oxygen atoms in total. The lowest BCUT2D eigenvalue weighted by Gasteiger charge is -2.51. The monoisotopic (exact) mass is 528 g/mol. The van der Waals surface area contributed by atoms with E-state index >= 15 is 0 Å². The summed E-state index contributed by atoms with van der Waals surface area (Å²) in [6.07, 6.45) is -3.19. The fraction of sp³-hybridized carbons (Fsp3) is 0.500. The lowest BCUT2D eigenvalue weighted by atomic mass is 9.62. The van der Waals surface area contributed by atoms with Crippen molar-refractivity contribution in [3.05, 3.63) is 64.4 Å². The average Bonchev–Trinajstić information content (AvgIpc) is 2.86. The first-order valence-corrected chi connectivity index (χ1v) is 12.2. The minimum absolute atomic E-state index is 0.0369. The summed E-state index contributed by atoms with van der Waals surface area (Å²) in [5.74, 6) is -1.14. The van der Waals surface area contributed by atoms with Gasteiger partial charge in [0.25, 0.3) is 11.5 Å². The molecule has 1 spiro atoms. The number of carbonyl (C=O) groups is 1. The van der Waals surface area contributed by atoms with E-state index in [0.29, 0.717) is 25.1 Å². The Hall–Kier alpha value is -2.36. The highest BCUT2D eigenvalue weighted by Crippen LogP contribution is 2.51. The summed E-state index contributed by atoms with van der Waals surface area (Å²) in [5.41, 5.74) is -2.85. The van der Waals surface area contributed by atoms with Crippen LogP contribution in [-0.4, -0.2) is 57.4 Å². The molecule has 2 unspecified atom stereocenters. The summed E-state index contributed by atoms with van der Waals surface area (Å²) < 4.78 is 67.6. The van der Waals surface area contributed by atoms with E-state index in [4.69, 9.17) is 21.1 Å². The number of piperidine rings is 2. The van der Waals surface area contributed by atoms with Crippen molar-refractivity contribution in [3.63, 3.8) is 0 Å². The van der Waals surface area contributed by atoms with Crippen LogP contribution in [0.15, 0.2) is 42.5 Å². The van der Waals surface area contributed by atoms with Crippen molar-refractivity contribution in [2.24, 2.45) is 5.41 Å². The minimum atomic E-state index is -4.99. The molecule has 2 fully saturated rings. The predicted molar refractivity (Wildman–Crippen MR) is 128 cm³/mol. The van der Waals surface area contributed by atoms with E-state index in [0.717, 1.165) is 25.6 Å². The standard InChI is InChI=1S/C26H29ClF4N2O3/c1-35-22-15-19(28)7-8-20(22)21-16-32-12-9-24(21)10-13-33(14-11-24)23(34)25(36-2,26(29,30)31)17-3-5-18(27)6-4-17/h3-8,15,21,32H,9-14,16H2,1-2H3. The van der Waals surface area contributed by atoms with Gasteiger partial charge in [-0.3, -0.25) is 4.79 Å². The Morgan fingerprint density at radius 1 is 1.08 bits per heavy atom. The van der Waals surface area contributed by atoms with Crippen LogP contribution in [0.3, 0.4) is 0 Å². The van der Waals surface area contributed by atoms with Gasteiger partial charge in [0.2, 0.25) is 0 Å². The van der Waals surface area contributed by atoms with Gasteiger partial charge in [-0.25, -0.2) is 4.39 Å². The molecule has 0 aromatic heterocycles. The molecule has 0 saturated carbocycles. The van der Waals surface area contributed by atoms with Gasteiger partial charge in [-0.1, -0.05) is 29.8 Å². The van der Waals surface area contributed by atoms with Crippen LogP contribution < -0.4 is 10.1 Å². The van der Waals surface area contributed by atoms with Crippen LogP contribution in [0.25, 0.3) is 0 Å². The Kier molecular flexibility index (Phi) is 7.55. The minimum Gasteiger partial charge on any atom is -0.496 e. The van der Waals surface area contributed by atoms with Crippen LogP contribution in [0, 0.1) is 11.2 Å². The topological polar surface area (TPSA) is 50.8 Å². The number of ether oxygens (including phenoxy) is 2. The molecular weight excluding hydrogens is 500 g/mol. The predicted octanol–water partition coefficient (Wildman–Crippen LogP) is 5.28. The number of likely N-dealkylation sites (tertiary alicyclic amines) is 1. The van der Waals surface area contributed by atoms with E-state index in [1.165, 1.54) is 48.4 Å². The van der Waals surface area contributed by atoms with Crippen molar-refractivity contribution in [1.82, 2.24) is 10.2 Å². The molecule has 1 amide bonds. The van der Waals surface area contributed by atoms with E-state index in [1.807, 2.05) is 0 Å². The van der Waals surface area contributed by atoms with Gasteiger partial charge in [-0.05, 0) is 55.0 Å². The molecule has 2 atom stereocenters. The van der Waals surface area contributed by atoms with Gasteiger partial charge >= 0.3 is 6.18 Å². The van der Waals surface area contributed by atoms with Crippen LogP contribution in [0.5, 0.6) is 5.75 Å². The smallest absolute Gasteiger partial charge is 0.430 e. The third-order valence-electron chi connectivity index (χ3n) is 7.76. The number of nitrogens with zero attached hydrogens (tertiary/aromatic N) is 1. The van der Waals surface area contributed by atoms with Crippen LogP contribution >= 0.6 is 11.6 Å². The van der Waals surface area contributed by atoms with Crippen molar-refractivity contribution >= 4 is 17.5 Å². The second kappa shape index (κ2) is 10.2. The first kappa shape index (κ1) is 26.7. The highest BCUT2D eigenvalue weighted by molar-refractivity contribution is 6.30. The van der Waals surface area contributed by atoms with E-state index in [1.54, 1.807) is 6.07 Å². The number of benzene rings is 2. The van der Waals surface area contributed by atoms with Crippen LogP contribution in [-0.2, 0) is 15.1 Å².